The zero-order chi connectivity index (χ0) is 18.0. The number of hydrogen-bond donors (Lipinski definition) is 1. The highest BCUT2D eigenvalue weighted by Crippen LogP contribution is 2.32. The van der Waals surface area contributed by atoms with Crippen molar-refractivity contribution in [1.29, 1.82) is 0 Å². The van der Waals surface area contributed by atoms with E-state index in [1.165, 1.54) is 6.07 Å². The maximum atomic E-state index is 12.8. The molecule has 0 saturated carbocycles. The molecule has 0 radical (unpaired) electrons. The fourth-order valence-corrected chi connectivity index (χ4v) is 2.93. The van der Waals surface area contributed by atoms with Crippen molar-refractivity contribution in [3.8, 4) is 11.1 Å². The van der Waals surface area contributed by atoms with Gasteiger partial charge in [0.25, 0.3) is 0 Å². The molecule has 0 amide bonds. The normalized spacial score (nSPS) is 15.8. The Kier molecular flexibility index (Phi) is 4.81. The van der Waals surface area contributed by atoms with Crippen LogP contribution < -0.4 is 0 Å². The van der Waals surface area contributed by atoms with Gasteiger partial charge in [0.05, 0.1) is 11.5 Å². The average molecular weight is 349 g/mol. The van der Waals surface area contributed by atoms with Gasteiger partial charge in [0.2, 0.25) is 0 Å². The van der Waals surface area contributed by atoms with Gasteiger partial charge in [-0.2, -0.15) is 13.2 Å². The number of likely N-dealkylation sites (tertiary alicyclic amines) is 1. The van der Waals surface area contributed by atoms with Crippen LogP contribution in [0, 0.1) is 5.92 Å². The molecule has 1 saturated heterocycles. The maximum Gasteiger partial charge on any atom is 0.416 e. The van der Waals surface area contributed by atoms with Crippen LogP contribution in [0.5, 0.6) is 0 Å². The third-order valence-electron chi connectivity index (χ3n) is 4.50. The van der Waals surface area contributed by atoms with Gasteiger partial charge < -0.3 is 10.0 Å². The van der Waals surface area contributed by atoms with Crippen LogP contribution in [0.4, 0.5) is 13.2 Å². The van der Waals surface area contributed by atoms with Crippen LogP contribution in [0.2, 0.25) is 0 Å². The lowest BCUT2D eigenvalue weighted by Gasteiger charge is -2.36. The summed E-state index contributed by atoms with van der Waals surface area (Å²) in [7, 11) is 0. The van der Waals surface area contributed by atoms with E-state index in [0.29, 0.717) is 18.7 Å². The van der Waals surface area contributed by atoms with Crippen LogP contribution >= 0.6 is 0 Å². The van der Waals surface area contributed by atoms with Crippen molar-refractivity contribution in [3.63, 3.8) is 0 Å². The van der Waals surface area contributed by atoms with Gasteiger partial charge >= 0.3 is 12.1 Å². The molecule has 1 aliphatic heterocycles. The summed E-state index contributed by atoms with van der Waals surface area (Å²) < 4.78 is 38.4. The molecule has 132 valence electrons. The summed E-state index contributed by atoms with van der Waals surface area (Å²) in [5.74, 6) is -1.01. The molecule has 2 aromatic rings. The second-order valence-corrected chi connectivity index (χ2v) is 6.32. The lowest BCUT2D eigenvalue weighted by Crippen LogP contribution is -2.50. The first-order valence-electron chi connectivity index (χ1n) is 8.04. The number of benzene rings is 2. The molecule has 0 spiro atoms. The van der Waals surface area contributed by atoms with E-state index in [2.05, 4.69) is 4.90 Å². The lowest BCUT2D eigenvalue weighted by atomic mass is 9.98. The molecule has 1 fully saturated rings. The van der Waals surface area contributed by atoms with Gasteiger partial charge in [-0.3, -0.25) is 4.79 Å². The molecule has 1 aliphatic rings. The number of carbonyl (C=O) groups is 1. The lowest BCUT2D eigenvalue weighted by molar-refractivity contribution is -0.147. The molecule has 0 bridgehead atoms. The van der Waals surface area contributed by atoms with Gasteiger partial charge in [-0.15, -0.1) is 0 Å². The number of aliphatic carboxylic acids is 1. The van der Waals surface area contributed by atoms with Gasteiger partial charge in [0.1, 0.15) is 0 Å². The average Bonchev–Trinajstić information content (AvgIpc) is 2.53. The van der Waals surface area contributed by atoms with Gasteiger partial charge in [-0.1, -0.05) is 36.4 Å². The zero-order valence-electron chi connectivity index (χ0n) is 13.5. The van der Waals surface area contributed by atoms with Crippen molar-refractivity contribution in [2.45, 2.75) is 12.6 Å². The molecule has 2 aromatic carbocycles. The highest BCUT2D eigenvalue weighted by atomic mass is 19.4. The van der Waals surface area contributed by atoms with Crippen LogP contribution in [0.1, 0.15) is 11.1 Å². The zero-order valence-corrected chi connectivity index (χ0v) is 13.5. The fourth-order valence-electron chi connectivity index (χ4n) is 2.93. The summed E-state index contributed by atoms with van der Waals surface area (Å²) in [4.78, 5) is 12.8. The minimum Gasteiger partial charge on any atom is -0.481 e. The van der Waals surface area contributed by atoms with Crippen molar-refractivity contribution < 1.29 is 23.1 Å². The minimum atomic E-state index is -4.35. The van der Waals surface area contributed by atoms with Crippen molar-refractivity contribution in [3.05, 3.63) is 59.7 Å². The number of carboxylic acid groups (broad SMARTS) is 1. The van der Waals surface area contributed by atoms with E-state index in [1.54, 1.807) is 6.07 Å². The number of carboxylic acids is 1. The summed E-state index contributed by atoms with van der Waals surface area (Å²) in [5.41, 5.74) is 1.70. The molecule has 1 N–H and O–H groups in total. The predicted octanol–water partition coefficient (Wildman–Crippen LogP) is 3.93. The van der Waals surface area contributed by atoms with Gasteiger partial charge in [-0.25, -0.2) is 0 Å². The first kappa shape index (κ1) is 17.5. The van der Waals surface area contributed by atoms with Crippen molar-refractivity contribution in [2.75, 3.05) is 19.6 Å². The fraction of sp³-hybridized carbons (Fsp3) is 0.316. The van der Waals surface area contributed by atoms with Crippen LogP contribution in [0.3, 0.4) is 0 Å². The highest BCUT2D eigenvalue weighted by Gasteiger charge is 2.32. The topological polar surface area (TPSA) is 40.5 Å². The van der Waals surface area contributed by atoms with Gasteiger partial charge in [0.15, 0.2) is 0 Å². The van der Waals surface area contributed by atoms with E-state index < -0.39 is 17.7 Å². The predicted molar refractivity (Wildman–Crippen MR) is 88.1 cm³/mol. The molecule has 0 aliphatic carbocycles. The summed E-state index contributed by atoms with van der Waals surface area (Å²) in [5, 5.41) is 8.85. The molecule has 3 nitrogen and oxygen atoms in total. The van der Waals surface area contributed by atoms with E-state index >= 15 is 0 Å². The molecule has 0 aromatic heterocycles. The minimum absolute atomic E-state index is 0.261. The molecule has 0 unspecified atom stereocenters. The molecule has 0 atom stereocenters. The van der Waals surface area contributed by atoms with Gasteiger partial charge in [-0.05, 0) is 35.2 Å². The number of rotatable bonds is 5. The second kappa shape index (κ2) is 6.88. The third-order valence-corrected chi connectivity index (χ3v) is 4.50. The van der Waals surface area contributed by atoms with Crippen LogP contribution in [0.15, 0.2) is 48.5 Å². The Morgan fingerprint density at radius 1 is 1.08 bits per heavy atom. The van der Waals surface area contributed by atoms with Crippen molar-refractivity contribution >= 4 is 5.97 Å². The highest BCUT2D eigenvalue weighted by molar-refractivity contribution is 5.71. The smallest absolute Gasteiger partial charge is 0.416 e. The number of nitrogens with zero attached hydrogens (tertiary/aromatic N) is 1. The van der Waals surface area contributed by atoms with Crippen molar-refractivity contribution in [1.82, 2.24) is 4.90 Å². The second-order valence-electron chi connectivity index (χ2n) is 6.32. The summed E-state index contributed by atoms with van der Waals surface area (Å²) in [6.45, 7) is 1.95. The van der Waals surface area contributed by atoms with Crippen LogP contribution in [-0.2, 0) is 17.4 Å². The summed E-state index contributed by atoms with van der Waals surface area (Å²) in [6.07, 6.45) is -3.56. The van der Waals surface area contributed by atoms with E-state index in [-0.39, 0.29) is 5.92 Å². The number of hydrogen-bond acceptors (Lipinski definition) is 2. The Morgan fingerprint density at radius 3 is 2.36 bits per heavy atom. The SMILES string of the molecule is O=C(O)C1CN(CCc2ccc(-c3cccc(C(F)(F)F)c3)cc2)C1. The molecule has 3 rings (SSSR count). The molecule has 25 heavy (non-hydrogen) atoms. The number of halogens is 3. The standard InChI is InChI=1S/C19H18F3NO2/c20-19(21,22)17-3-1-2-15(10-17)14-6-4-13(5-7-14)8-9-23-11-16(12-23)18(24)25/h1-7,10,16H,8-9,11-12H2,(H,24,25). The molecular formula is C19H18F3NO2. The molecule has 6 heteroatoms. The monoisotopic (exact) mass is 349 g/mol. The van der Waals surface area contributed by atoms with Crippen molar-refractivity contribution in [2.24, 2.45) is 5.92 Å². The van der Waals surface area contributed by atoms with Crippen LogP contribution in [-0.4, -0.2) is 35.6 Å². The maximum absolute atomic E-state index is 12.8. The third kappa shape index (κ3) is 4.20. The Bertz CT molecular complexity index is 750. The Labute approximate surface area is 143 Å². The Hall–Kier alpha value is -2.34. The van der Waals surface area contributed by atoms with E-state index in [1.807, 2.05) is 24.3 Å². The largest absolute Gasteiger partial charge is 0.481 e. The van der Waals surface area contributed by atoms with Gasteiger partial charge in [0, 0.05) is 19.6 Å². The summed E-state index contributed by atoms with van der Waals surface area (Å²) >= 11 is 0. The Balaban J connectivity index is 1.60. The van der Waals surface area contributed by atoms with E-state index in [4.69, 9.17) is 5.11 Å². The van der Waals surface area contributed by atoms with E-state index in [0.717, 1.165) is 36.2 Å². The summed E-state index contributed by atoms with van der Waals surface area (Å²) in [6, 6.07) is 12.7. The molecular weight excluding hydrogens is 331 g/mol. The van der Waals surface area contributed by atoms with E-state index in [9.17, 15) is 18.0 Å². The number of alkyl halides is 3. The quantitative estimate of drug-likeness (QED) is 0.889. The Morgan fingerprint density at radius 2 is 1.76 bits per heavy atom. The van der Waals surface area contributed by atoms with Crippen LogP contribution in [0.25, 0.3) is 11.1 Å². The first-order valence-corrected chi connectivity index (χ1v) is 8.04. The first-order chi connectivity index (χ1) is 11.8. The molecule has 1 heterocycles.